The van der Waals surface area contributed by atoms with Crippen molar-refractivity contribution in [2.75, 3.05) is 5.32 Å². The predicted octanol–water partition coefficient (Wildman–Crippen LogP) is 3.11. The number of hydrogen-bond acceptors (Lipinski definition) is 7. The monoisotopic (exact) mass is 387 g/mol. The van der Waals surface area contributed by atoms with Crippen LogP contribution in [0.25, 0.3) is 0 Å². The summed E-state index contributed by atoms with van der Waals surface area (Å²) in [5, 5.41) is 24.4. The molecule has 1 N–H and O–H groups in total. The third-order valence-corrected chi connectivity index (χ3v) is 4.74. The number of nitro benzene ring substituents is 2. The molecule has 0 unspecified atom stereocenters. The van der Waals surface area contributed by atoms with Crippen molar-refractivity contribution in [3.8, 4) is 0 Å². The van der Waals surface area contributed by atoms with E-state index in [0.29, 0.717) is 11.6 Å². The minimum absolute atomic E-state index is 0.0414. The van der Waals surface area contributed by atoms with Gasteiger partial charge in [0.15, 0.2) is 0 Å². The van der Waals surface area contributed by atoms with E-state index < -0.39 is 36.0 Å². The largest absolute Gasteiger partial charge is 0.375 e. The van der Waals surface area contributed by atoms with Gasteiger partial charge in [-0.1, -0.05) is 12.1 Å². The number of nitro groups is 2. The highest BCUT2D eigenvalue weighted by molar-refractivity contribution is 7.91. The number of benzene rings is 2. The first-order valence-electron chi connectivity index (χ1n) is 6.90. The highest BCUT2D eigenvalue weighted by Crippen LogP contribution is 2.30. The molecule has 0 fully saturated rings. The lowest BCUT2D eigenvalue weighted by atomic mass is 10.2. The maximum atomic E-state index is 12.6. The lowest BCUT2D eigenvalue weighted by molar-refractivity contribution is -0.384. The number of halogens is 2. The van der Waals surface area contributed by atoms with Crippen molar-refractivity contribution in [3.63, 3.8) is 0 Å². The fraction of sp³-hybridized carbons (Fsp3) is 0.143. The summed E-state index contributed by atoms with van der Waals surface area (Å²) in [6.07, 6.45) is 0. The van der Waals surface area contributed by atoms with Gasteiger partial charge in [-0.3, -0.25) is 20.2 Å². The molecule has 138 valence electrons. The molecule has 0 aliphatic carbocycles. The summed E-state index contributed by atoms with van der Waals surface area (Å²) in [6, 6.07) is 7.79. The fourth-order valence-corrected chi connectivity index (χ4v) is 2.76. The molecule has 12 heteroatoms. The molecule has 2 rings (SSSR count). The van der Waals surface area contributed by atoms with Gasteiger partial charge in [0.1, 0.15) is 5.69 Å². The summed E-state index contributed by atoms with van der Waals surface area (Å²) < 4.78 is 48.0. The van der Waals surface area contributed by atoms with E-state index >= 15 is 0 Å². The maximum absolute atomic E-state index is 12.6. The Morgan fingerprint density at radius 1 is 1.00 bits per heavy atom. The lowest BCUT2D eigenvalue weighted by Gasteiger charge is -2.09. The van der Waals surface area contributed by atoms with Crippen LogP contribution >= 0.6 is 0 Å². The number of nitrogens with one attached hydrogen (secondary N) is 1. The first kappa shape index (κ1) is 19.2. The van der Waals surface area contributed by atoms with Gasteiger partial charge in [0.25, 0.3) is 11.4 Å². The van der Waals surface area contributed by atoms with Crippen LogP contribution in [0.15, 0.2) is 47.4 Å². The predicted molar refractivity (Wildman–Crippen MR) is 86.7 cm³/mol. The second-order valence-corrected chi connectivity index (χ2v) is 6.94. The van der Waals surface area contributed by atoms with Gasteiger partial charge in [0.05, 0.1) is 14.7 Å². The molecule has 2 aromatic rings. The Morgan fingerprint density at radius 2 is 1.62 bits per heavy atom. The van der Waals surface area contributed by atoms with Gasteiger partial charge in [-0.15, -0.1) is 0 Å². The van der Waals surface area contributed by atoms with E-state index in [2.05, 4.69) is 5.32 Å². The summed E-state index contributed by atoms with van der Waals surface area (Å²) in [5.74, 6) is -3.69. The first-order valence-corrected chi connectivity index (χ1v) is 8.45. The van der Waals surface area contributed by atoms with Crippen molar-refractivity contribution in [3.05, 3.63) is 68.3 Å². The summed E-state index contributed by atoms with van der Waals surface area (Å²) in [5.41, 5.74) is -0.328. The number of anilines is 1. The van der Waals surface area contributed by atoms with E-state index in [9.17, 15) is 37.4 Å². The molecular weight excluding hydrogens is 376 g/mol. The third kappa shape index (κ3) is 4.08. The maximum Gasteiger partial charge on any atom is 0.341 e. The molecule has 0 radical (unpaired) electrons. The van der Waals surface area contributed by atoms with Crippen LogP contribution < -0.4 is 5.32 Å². The van der Waals surface area contributed by atoms with Crippen molar-refractivity contribution in [2.45, 2.75) is 17.2 Å². The molecule has 26 heavy (non-hydrogen) atoms. The van der Waals surface area contributed by atoms with Gasteiger partial charge >= 0.3 is 5.76 Å². The van der Waals surface area contributed by atoms with Crippen LogP contribution in [-0.4, -0.2) is 24.0 Å². The van der Waals surface area contributed by atoms with Gasteiger partial charge in [-0.25, -0.2) is 8.42 Å². The number of nitrogens with zero attached hydrogens (tertiary/aromatic N) is 2. The number of hydrogen-bond donors (Lipinski definition) is 1. The minimum Gasteiger partial charge on any atom is -0.375 e. The molecule has 0 aliphatic rings. The lowest BCUT2D eigenvalue weighted by Crippen LogP contribution is -2.12. The molecule has 0 saturated heterocycles. The molecule has 0 aliphatic heterocycles. The van der Waals surface area contributed by atoms with Crippen molar-refractivity contribution in [2.24, 2.45) is 0 Å². The SMILES string of the molecule is O=[N+]([O-])c1ccc(CNc2ccc(S(=O)(=O)C(F)F)cc2[N+](=O)[O-])cc1. The van der Waals surface area contributed by atoms with E-state index in [-0.39, 0.29) is 17.9 Å². The van der Waals surface area contributed by atoms with E-state index in [1.165, 1.54) is 24.3 Å². The van der Waals surface area contributed by atoms with E-state index in [0.717, 1.165) is 12.1 Å². The molecular formula is C14H11F2N3O6S. The highest BCUT2D eigenvalue weighted by Gasteiger charge is 2.29. The highest BCUT2D eigenvalue weighted by atomic mass is 32.2. The van der Waals surface area contributed by atoms with Crippen molar-refractivity contribution in [1.29, 1.82) is 0 Å². The Balaban J connectivity index is 2.26. The number of non-ortho nitro benzene ring substituents is 1. The van der Waals surface area contributed by atoms with Crippen LogP contribution in [0.4, 0.5) is 25.8 Å². The molecule has 0 bridgehead atoms. The summed E-state index contributed by atoms with van der Waals surface area (Å²) in [4.78, 5) is 19.4. The normalized spacial score (nSPS) is 11.3. The zero-order valence-corrected chi connectivity index (χ0v) is 13.7. The van der Waals surface area contributed by atoms with Crippen molar-refractivity contribution in [1.82, 2.24) is 0 Å². The average Bonchev–Trinajstić information content (AvgIpc) is 2.59. The van der Waals surface area contributed by atoms with Crippen LogP contribution in [0.2, 0.25) is 0 Å². The fourth-order valence-electron chi connectivity index (χ4n) is 2.02. The van der Waals surface area contributed by atoms with Gasteiger partial charge < -0.3 is 5.32 Å². The average molecular weight is 387 g/mol. The standard InChI is InChI=1S/C14H11F2N3O6S/c15-14(16)26(24,25)11-5-6-12(13(7-11)19(22)23)17-8-9-1-3-10(4-2-9)18(20)21/h1-7,14,17H,8H2. The van der Waals surface area contributed by atoms with Crippen LogP contribution in [0, 0.1) is 20.2 Å². The zero-order chi connectivity index (χ0) is 19.5. The van der Waals surface area contributed by atoms with Crippen LogP contribution in [0.5, 0.6) is 0 Å². The smallest absolute Gasteiger partial charge is 0.341 e. The Labute approximate surface area is 145 Å². The molecule has 0 aromatic heterocycles. The second kappa shape index (κ2) is 7.39. The van der Waals surface area contributed by atoms with Gasteiger partial charge in [-0.2, -0.15) is 8.78 Å². The van der Waals surface area contributed by atoms with Crippen LogP contribution in [0.3, 0.4) is 0 Å². The van der Waals surface area contributed by atoms with Crippen LogP contribution in [0.1, 0.15) is 5.56 Å². The third-order valence-electron chi connectivity index (χ3n) is 3.36. The molecule has 0 spiro atoms. The molecule has 0 atom stereocenters. The number of sulfone groups is 1. The minimum atomic E-state index is -4.96. The van der Waals surface area contributed by atoms with E-state index in [1.54, 1.807) is 0 Å². The van der Waals surface area contributed by atoms with Gasteiger partial charge in [0, 0.05) is 24.7 Å². The first-order chi connectivity index (χ1) is 12.1. The molecule has 0 amide bonds. The number of rotatable bonds is 7. The summed E-state index contributed by atoms with van der Waals surface area (Å²) >= 11 is 0. The van der Waals surface area contributed by atoms with Crippen molar-refractivity contribution >= 4 is 26.9 Å². The Hall–Kier alpha value is -3.15. The van der Waals surface area contributed by atoms with E-state index in [1.807, 2.05) is 0 Å². The van der Waals surface area contributed by atoms with E-state index in [4.69, 9.17) is 0 Å². The molecule has 9 nitrogen and oxygen atoms in total. The quantitative estimate of drug-likeness (QED) is 0.570. The topological polar surface area (TPSA) is 132 Å². The Bertz CT molecular complexity index is 948. The molecule has 0 heterocycles. The summed E-state index contributed by atoms with van der Waals surface area (Å²) in [6.45, 7) is 0.0414. The van der Waals surface area contributed by atoms with Crippen LogP contribution in [-0.2, 0) is 16.4 Å². The van der Waals surface area contributed by atoms with Gasteiger partial charge in [-0.05, 0) is 17.7 Å². The van der Waals surface area contributed by atoms with Crippen molar-refractivity contribution < 1.29 is 27.0 Å². The van der Waals surface area contributed by atoms with Gasteiger partial charge in [0.2, 0.25) is 9.84 Å². The summed E-state index contributed by atoms with van der Waals surface area (Å²) in [7, 11) is -4.96. The zero-order valence-electron chi connectivity index (χ0n) is 12.8. The molecule has 2 aromatic carbocycles. The molecule has 0 saturated carbocycles. The Morgan fingerprint density at radius 3 is 2.12 bits per heavy atom. The Kier molecular flexibility index (Phi) is 5.45. The second-order valence-electron chi connectivity index (χ2n) is 5.02. The number of alkyl halides is 2.